The SMILES string of the molecule is CCOCCC(=O)Nc1ccc(Br)cc1C#N. The molecule has 0 aliphatic rings. The monoisotopic (exact) mass is 296 g/mol. The molecule has 0 bridgehead atoms. The lowest BCUT2D eigenvalue weighted by Gasteiger charge is -2.07. The Balaban J connectivity index is 2.62. The molecule has 0 fully saturated rings. The van der Waals surface area contributed by atoms with Crippen LogP contribution in [0.5, 0.6) is 0 Å². The molecule has 1 aromatic rings. The summed E-state index contributed by atoms with van der Waals surface area (Å²) in [6.45, 7) is 2.86. The first-order valence-corrected chi connectivity index (χ1v) is 6.04. The van der Waals surface area contributed by atoms with E-state index in [0.717, 1.165) is 4.47 Å². The molecule has 1 amide bonds. The first-order valence-electron chi connectivity index (χ1n) is 5.24. The van der Waals surface area contributed by atoms with E-state index in [4.69, 9.17) is 10.00 Å². The van der Waals surface area contributed by atoms with Gasteiger partial charge in [0.1, 0.15) is 6.07 Å². The third-order valence-corrected chi connectivity index (χ3v) is 2.55. The van der Waals surface area contributed by atoms with Crippen molar-refractivity contribution in [3.05, 3.63) is 28.2 Å². The predicted molar refractivity (Wildman–Crippen MR) is 68.6 cm³/mol. The van der Waals surface area contributed by atoms with Crippen molar-refractivity contribution >= 4 is 27.5 Å². The molecule has 0 unspecified atom stereocenters. The van der Waals surface area contributed by atoms with Crippen molar-refractivity contribution in [3.63, 3.8) is 0 Å². The largest absolute Gasteiger partial charge is 0.381 e. The van der Waals surface area contributed by atoms with Crippen molar-refractivity contribution in [2.45, 2.75) is 13.3 Å². The molecule has 1 aromatic carbocycles. The van der Waals surface area contributed by atoms with Crippen LogP contribution in [0.3, 0.4) is 0 Å². The van der Waals surface area contributed by atoms with Gasteiger partial charge in [-0.2, -0.15) is 5.26 Å². The molecule has 4 nitrogen and oxygen atoms in total. The summed E-state index contributed by atoms with van der Waals surface area (Å²) in [6, 6.07) is 7.17. The van der Waals surface area contributed by atoms with Crippen LogP contribution in [0.25, 0.3) is 0 Å². The fraction of sp³-hybridized carbons (Fsp3) is 0.333. The van der Waals surface area contributed by atoms with E-state index in [1.54, 1.807) is 18.2 Å². The molecular weight excluding hydrogens is 284 g/mol. The smallest absolute Gasteiger partial charge is 0.226 e. The Hall–Kier alpha value is -1.38. The van der Waals surface area contributed by atoms with E-state index in [9.17, 15) is 4.79 Å². The fourth-order valence-corrected chi connectivity index (χ4v) is 1.60. The molecular formula is C12H13BrN2O2. The Kier molecular flexibility index (Phi) is 5.67. The molecule has 0 atom stereocenters. The number of nitrogens with zero attached hydrogens (tertiary/aromatic N) is 1. The number of carbonyl (C=O) groups excluding carboxylic acids is 1. The molecule has 17 heavy (non-hydrogen) atoms. The van der Waals surface area contributed by atoms with E-state index in [1.165, 1.54) is 0 Å². The number of hydrogen-bond donors (Lipinski definition) is 1. The van der Waals surface area contributed by atoms with Crippen LogP contribution in [0.4, 0.5) is 5.69 Å². The van der Waals surface area contributed by atoms with Crippen LogP contribution in [-0.2, 0) is 9.53 Å². The number of ether oxygens (including phenoxy) is 1. The predicted octanol–water partition coefficient (Wildman–Crippen LogP) is 2.69. The molecule has 0 spiro atoms. The zero-order valence-electron chi connectivity index (χ0n) is 9.50. The average molecular weight is 297 g/mol. The molecule has 0 aliphatic heterocycles. The van der Waals surface area contributed by atoms with Crippen LogP contribution in [-0.4, -0.2) is 19.1 Å². The fourth-order valence-electron chi connectivity index (χ4n) is 1.24. The summed E-state index contributed by atoms with van der Waals surface area (Å²) in [7, 11) is 0. The molecule has 0 radical (unpaired) electrons. The summed E-state index contributed by atoms with van der Waals surface area (Å²) in [5, 5.41) is 11.6. The number of carbonyl (C=O) groups is 1. The number of halogens is 1. The van der Waals surface area contributed by atoms with Gasteiger partial charge in [0.2, 0.25) is 5.91 Å². The van der Waals surface area contributed by atoms with E-state index in [2.05, 4.69) is 21.2 Å². The molecule has 0 saturated carbocycles. The minimum atomic E-state index is -0.155. The van der Waals surface area contributed by atoms with Gasteiger partial charge in [-0.1, -0.05) is 15.9 Å². The third kappa shape index (κ3) is 4.55. The molecule has 90 valence electrons. The lowest BCUT2D eigenvalue weighted by atomic mass is 10.2. The normalized spacial score (nSPS) is 9.71. The van der Waals surface area contributed by atoms with E-state index < -0.39 is 0 Å². The molecule has 0 saturated heterocycles. The second-order valence-corrected chi connectivity index (χ2v) is 4.21. The summed E-state index contributed by atoms with van der Waals surface area (Å²) < 4.78 is 5.89. The van der Waals surface area contributed by atoms with Crippen molar-refractivity contribution < 1.29 is 9.53 Å². The number of nitrogens with one attached hydrogen (secondary N) is 1. The lowest BCUT2D eigenvalue weighted by Crippen LogP contribution is -2.14. The molecule has 5 heteroatoms. The zero-order valence-corrected chi connectivity index (χ0v) is 11.1. The summed E-state index contributed by atoms with van der Waals surface area (Å²) in [5.74, 6) is -0.155. The highest BCUT2D eigenvalue weighted by atomic mass is 79.9. The van der Waals surface area contributed by atoms with Crippen molar-refractivity contribution in [1.82, 2.24) is 0 Å². The van der Waals surface area contributed by atoms with Gasteiger partial charge in [-0.3, -0.25) is 4.79 Å². The summed E-state index contributed by atoms with van der Waals surface area (Å²) in [4.78, 5) is 11.5. The maximum Gasteiger partial charge on any atom is 0.226 e. The highest BCUT2D eigenvalue weighted by Gasteiger charge is 2.07. The number of hydrogen-bond acceptors (Lipinski definition) is 3. The number of rotatable bonds is 5. The van der Waals surface area contributed by atoms with E-state index in [-0.39, 0.29) is 12.3 Å². The Morgan fingerprint density at radius 2 is 2.35 bits per heavy atom. The summed E-state index contributed by atoms with van der Waals surface area (Å²) >= 11 is 3.27. The van der Waals surface area contributed by atoms with Crippen LogP contribution in [0.15, 0.2) is 22.7 Å². The number of nitriles is 1. The molecule has 0 heterocycles. The molecule has 1 rings (SSSR count). The van der Waals surface area contributed by atoms with Crippen molar-refractivity contribution in [2.24, 2.45) is 0 Å². The van der Waals surface area contributed by atoms with Crippen LogP contribution < -0.4 is 5.32 Å². The first-order chi connectivity index (χ1) is 8.17. The topological polar surface area (TPSA) is 62.1 Å². The van der Waals surface area contributed by atoms with Crippen LogP contribution >= 0.6 is 15.9 Å². The second-order valence-electron chi connectivity index (χ2n) is 3.30. The van der Waals surface area contributed by atoms with Gasteiger partial charge in [-0.15, -0.1) is 0 Å². The molecule has 0 aliphatic carbocycles. The molecule has 1 N–H and O–H groups in total. The van der Waals surface area contributed by atoms with Gasteiger partial charge in [0, 0.05) is 11.1 Å². The quantitative estimate of drug-likeness (QED) is 0.850. The number of amides is 1. The van der Waals surface area contributed by atoms with Gasteiger partial charge in [0.15, 0.2) is 0 Å². The Morgan fingerprint density at radius 1 is 1.59 bits per heavy atom. The van der Waals surface area contributed by atoms with Crippen molar-refractivity contribution in [3.8, 4) is 6.07 Å². The Morgan fingerprint density at radius 3 is 3.00 bits per heavy atom. The Bertz CT molecular complexity index is 441. The lowest BCUT2D eigenvalue weighted by molar-refractivity contribution is -0.117. The molecule has 0 aromatic heterocycles. The minimum Gasteiger partial charge on any atom is -0.381 e. The standard InChI is InChI=1S/C12H13BrN2O2/c1-2-17-6-5-12(16)15-11-4-3-10(13)7-9(11)8-14/h3-4,7H,2,5-6H2,1H3,(H,15,16). The summed E-state index contributed by atoms with van der Waals surface area (Å²) in [5.41, 5.74) is 0.960. The summed E-state index contributed by atoms with van der Waals surface area (Å²) in [6.07, 6.45) is 0.286. The van der Waals surface area contributed by atoms with Gasteiger partial charge < -0.3 is 10.1 Å². The average Bonchev–Trinajstić information content (AvgIpc) is 2.32. The Labute approximate surface area is 109 Å². The highest BCUT2D eigenvalue weighted by molar-refractivity contribution is 9.10. The maximum absolute atomic E-state index is 11.5. The third-order valence-electron chi connectivity index (χ3n) is 2.05. The van der Waals surface area contributed by atoms with Crippen LogP contribution in [0.2, 0.25) is 0 Å². The van der Waals surface area contributed by atoms with Gasteiger partial charge in [-0.25, -0.2) is 0 Å². The number of anilines is 1. The maximum atomic E-state index is 11.5. The van der Waals surface area contributed by atoms with Crippen molar-refractivity contribution in [2.75, 3.05) is 18.5 Å². The van der Waals surface area contributed by atoms with Gasteiger partial charge in [-0.05, 0) is 25.1 Å². The van der Waals surface area contributed by atoms with Gasteiger partial charge in [0.05, 0.1) is 24.3 Å². The van der Waals surface area contributed by atoms with Crippen LogP contribution in [0.1, 0.15) is 18.9 Å². The first kappa shape index (κ1) is 13.7. The van der Waals surface area contributed by atoms with Crippen LogP contribution in [0, 0.1) is 11.3 Å². The van der Waals surface area contributed by atoms with E-state index >= 15 is 0 Å². The second kappa shape index (κ2) is 7.05. The van der Waals surface area contributed by atoms with Gasteiger partial charge in [0.25, 0.3) is 0 Å². The van der Waals surface area contributed by atoms with Crippen molar-refractivity contribution in [1.29, 1.82) is 5.26 Å². The minimum absolute atomic E-state index is 0.155. The number of benzene rings is 1. The van der Waals surface area contributed by atoms with Gasteiger partial charge >= 0.3 is 0 Å². The van der Waals surface area contributed by atoms with E-state index in [0.29, 0.717) is 24.5 Å². The van der Waals surface area contributed by atoms with E-state index in [1.807, 2.05) is 13.0 Å². The zero-order chi connectivity index (χ0) is 12.7. The highest BCUT2D eigenvalue weighted by Crippen LogP contribution is 2.20.